The van der Waals surface area contributed by atoms with Gasteiger partial charge in [-0.25, -0.2) is 4.98 Å². The highest BCUT2D eigenvalue weighted by Crippen LogP contribution is 2.59. The van der Waals surface area contributed by atoms with E-state index in [1.165, 1.54) is 0 Å². The molecule has 31 heavy (non-hydrogen) atoms. The van der Waals surface area contributed by atoms with E-state index in [1.54, 1.807) is 18.2 Å². The molecule has 1 aromatic heterocycles. The minimum absolute atomic E-state index is 0.00443. The molecule has 1 aromatic carbocycles. The van der Waals surface area contributed by atoms with E-state index in [0.717, 1.165) is 10.3 Å². The van der Waals surface area contributed by atoms with Crippen molar-refractivity contribution in [3.63, 3.8) is 0 Å². The van der Waals surface area contributed by atoms with Crippen LogP contribution in [0.2, 0.25) is 0 Å². The van der Waals surface area contributed by atoms with Gasteiger partial charge in [-0.05, 0) is 47.1 Å². The summed E-state index contributed by atoms with van der Waals surface area (Å²) in [5.41, 5.74) is 1.41. The number of halogens is 1. The molecule has 6 nitrogen and oxygen atoms in total. The van der Waals surface area contributed by atoms with E-state index in [2.05, 4.69) is 54.7 Å². The molecule has 2 aromatic rings. The number of hydrogen-bond donors (Lipinski definition) is 0. The van der Waals surface area contributed by atoms with Crippen LogP contribution in [0.1, 0.15) is 56.2 Å². The lowest BCUT2D eigenvalue weighted by Gasteiger charge is -2.65. The van der Waals surface area contributed by atoms with Gasteiger partial charge in [0.05, 0.1) is 30.0 Å². The number of ether oxygens (including phenoxy) is 2. The summed E-state index contributed by atoms with van der Waals surface area (Å²) in [7, 11) is 0. The van der Waals surface area contributed by atoms with Gasteiger partial charge in [-0.3, -0.25) is 4.79 Å². The second-order valence-corrected chi connectivity index (χ2v) is 10.1. The largest absolute Gasteiger partial charge is 0.492 e. The average Bonchev–Trinajstić information content (AvgIpc) is 3.00. The quantitative estimate of drug-likeness (QED) is 0.562. The first-order valence-corrected chi connectivity index (χ1v) is 11.2. The average molecular weight is 484 g/mol. The van der Waals surface area contributed by atoms with Crippen LogP contribution in [0.15, 0.2) is 34.9 Å². The molecule has 1 aliphatic carbocycles. The number of carbonyl (C=O) groups excluding carboxylic acids is 1. The van der Waals surface area contributed by atoms with Crippen LogP contribution in [0, 0.1) is 22.2 Å². The highest BCUT2D eigenvalue weighted by molar-refractivity contribution is 9.10. The van der Waals surface area contributed by atoms with Gasteiger partial charge in [-0.15, -0.1) is 0 Å². The summed E-state index contributed by atoms with van der Waals surface area (Å²) in [4.78, 5) is 19.6. The van der Waals surface area contributed by atoms with Crippen molar-refractivity contribution in [1.29, 1.82) is 5.26 Å². The predicted octanol–water partition coefficient (Wildman–Crippen LogP) is 4.95. The number of nitriles is 1. The summed E-state index contributed by atoms with van der Waals surface area (Å²) in [5, 5.41) is 9.30. The molecule has 0 saturated heterocycles. The Hall–Kier alpha value is -2.59. The first-order chi connectivity index (χ1) is 14.6. The summed E-state index contributed by atoms with van der Waals surface area (Å²) in [6.45, 7) is 11.4. The molecule has 1 fully saturated rings. The fraction of sp³-hybridized carbons (Fsp3) is 0.458. The Kier molecular flexibility index (Phi) is 5.25. The maximum Gasteiger partial charge on any atom is 0.256 e. The van der Waals surface area contributed by atoms with Gasteiger partial charge >= 0.3 is 0 Å². The van der Waals surface area contributed by atoms with Crippen molar-refractivity contribution >= 4 is 21.8 Å². The van der Waals surface area contributed by atoms with Crippen molar-refractivity contribution in [2.24, 2.45) is 10.8 Å². The molecular formula is C24H26BrN3O3. The number of amides is 1. The number of fused-ring (bicyclic) bond motifs is 1. The SMILES string of the molecule is CCOc1cc(OC2C(C)(C)C(N3Cc4nc(Br)ccc4C3=O)C2(C)C)ccc1C#N. The third-order valence-corrected chi connectivity index (χ3v) is 6.89. The van der Waals surface area contributed by atoms with E-state index >= 15 is 0 Å². The van der Waals surface area contributed by atoms with E-state index in [9.17, 15) is 10.1 Å². The molecule has 1 amide bonds. The van der Waals surface area contributed by atoms with Crippen LogP contribution in [0.25, 0.3) is 0 Å². The van der Waals surface area contributed by atoms with Crippen molar-refractivity contribution in [3.05, 3.63) is 51.8 Å². The van der Waals surface area contributed by atoms with Crippen LogP contribution < -0.4 is 9.47 Å². The van der Waals surface area contributed by atoms with E-state index in [1.807, 2.05) is 24.0 Å². The van der Waals surface area contributed by atoms with E-state index in [-0.39, 0.29) is 28.9 Å². The van der Waals surface area contributed by atoms with Crippen LogP contribution in [-0.4, -0.2) is 34.5 Å². The van der Waals surface area contributed by atoms with Gasteiger partial charge in [0.25, 0.3) is 5.91 Å². The molecule has 2 aliphatic rings. The number of benzene rings is 1. The van der Waals surface area contributed by atoms with Gasteiger partial charge in [0, 0.05) is 22.9 Å². The molecule has 0 bridgehead atoms. The third-order valence-electron chi connectivity index (χ3n) is 6.45. The van der Waals surface area contributed by atoms with Crippen molar-refractivity contribution in [1.82, 2.24) is 9.88 Å². The fourth-order valence-corrected chi connectivity index (χ4v) is 6.03. The van der Waals surface area contributed by atoms with Crippen LogP contribution in [0.5, 0.6) is 11.5 Å². The molecule has 0 spiro atoms. The number of carbonyl (C=O) groups is 1. The maximum atomic E-state index is 13.2. The number of hydrogen-bond acceptors (Lipinski definition) is 5. The van der Waals surface area contributed by atoms with Gasteiger partial charge in [-0.1, -0.05) is 27.7 Å². The normalized spacial score (nSPS) is 23.0. The molecule has 0 radical (unpaired) electrons. The van der Waals surface area contributed by atoms with E-state index in [4.69, 9.17) is 9.47 Å². The Balaban J connectivity index is 1.59. The van der Waals surface area contributed by atoms with Gasteiger partial charge < -0.3 is 14.4 Å². The summed E-state index contributed by atoms with van der Waals surface area (Å²) >= 11 is 3.40. The summed E-state index contributed by atoms with van der Waals surface area (Å²) < 4.78 is 12.8. The predicted molar refractivity (Wildman–Crippen MR) is 120 cm³/mol. The Morgan fingerprint density at radius 2 is 1.94 bits per heavy atom. The monoisotopic (exact) mass is 483 g/mol. The summed E-state index contributed by atoms with van der Waals surface area (Å²) in [6.07, 6.45) is -0.122. The highest BCUT2D eigenvalue weighted by atomic mass is 79.9. The zero-order valence-corrected chi connectivity index (χ0v) is 20.0. The molecule has 1 saturated carbocycles. The molecular weight excluding hydrogens is 458 g/mol. The molecule has 162 valence electrons. The molecule has 0 atom stereocenters. The second kappa shape index (κ2) is 7.52. The fourth-order valence-electron chi connectivity index (χ4n) is 5.68. The van der Waals surface area contributed by atoms with Crippen molar-refractivity contribution in [2.45, 2.75) is 53.3 Å². The minimum Gasteiger partial charge on any atom is -0.492 e. The topological polar surface area (TPSA) is 75.5 Å². The van der Waals surface area contributed by atoms with Gasteiger partial charge in [0.15, 0.2) is 0 Å². The minimum atomic E-state index is -0.280. The first-order valence-electron chi connectivity index (χ1n) is 10.4. The number of nitrogens with zero attached hydrogens (tertiary/aromatic N) is 3. The zero-order chi connectivity index (χ0) is 22.6. The molecule has 0 N–H and O–H groups in total. The molecule has 0 unspecified atom stereocenters. The molecule has 2 heterocycles. The Morgan fingerprint density at radius 1 is 1.23 bits per heavy atom. The smallest absolute Gasteiger partial charge is 0.256 e. The molecule has 7 heteroatoms. The number of pyridine rings is 1. The van der Waals surface area contributed by atoms with E-state index in [0.29, 0.717) is 35.8 Å². The third kappa shape index (κ3) is 3.38. The lowest BCUT2D eigenvalue weighted by atomic mass is 9.49. The highest BCUT2D eigenvalue weighted by Gasteiger charge is 2.67. The number of rotatable bonds is 5. The van der Waals surface area contributed by atoms with Crippen LogP contribution in [-0.2, 0) is 6.54 Å². The first kappa shape index (κ1) is 21.6. The lowest BCUT2D eigenvalue weighted by Crippen LogP contribution is -2.74. The summed E-state index contributed by atoms with van der Waals surface area (Å²) in [5.74, 6) is 1.21. The van der Waals surface area contributed by atoms with Crippen molar-refractivity contribution < 1.29 is 14.3 Å². The van der Waals surface area contributed by atoms with Gasteiger partial charge in [0.1, 0.15) is 28.3 Å². The van der Waals surface area contributed by atoms with Crippen molar-refractivity contribution in [2.75, 3.05) is 6.61 Å². The van der Waals surface area contributed by atoms with Crippen LogP contribution >= 0.6 is 15.9 Å². The molecule has 4 rings (SSSR count). The van der Waals surface area contributed by atoms with Crippen LogP contribution in [0.3, 0.4) is 0 Å². The zero-order valence-electron chi connectivity index (χ0n) is 18.4. The van der Waals surface area contributed by atoms with Gasteiger partial charge in [-0.2, -0.15) is 5.26 Å². The standard InChI is InChI=1S/C24H26BrN3O3/c1-6-30-18-11-15(8-7-14(18)12-26)31-22-23(2,3)21(24(22,4)5)28-13-17-16(20(28)29)9-10-19(25)27-17/h7-11,21-22H,6,13H2,1-5H3. The van der Waals surface area contributed by atoms with Crippen molar-refractivity contribution in [3.8, 4) is 17.6 Å². The summed E-state index contributed by atoms with van der Waals surface area (Å²) in [6, 6.07) is 11.1. The van der Waals surface area contributed by atoms with Crippen LogP contribution in [0.4, 0.5) is 0 Å². The lowest BCUT2D eigenvalue weighted by molar-refractivity contribution is -0.199. The Bertz CT molecular complexity index is 1070. The molecule has 1 aliphatic heterocycles. The Morgan fingerprint density at radius 3 is 2.58 bits per heavy atom. The van der Waals surface area contributed by atoms with Gasteiger partial charge in [0.2, 0.25) is 0 Å². The second-order valence-electron chi connectivity index (χ2n) is 9.31. The maximum absolute atomic E-state index is 13.2. The number of aromatic nitrogens is 1. The Labute approximate surface area is 191 Å². The van der Waals surface area contributed by atoms with E-state index < -0.39 is 0 Å².